The van der Waals surface area contributed by atoms with Crippen molar-refractivity contribution < 1.29 is 14.7 Å². The zero-order valence-electron chi connectivity index (χ0n) is 12.5. The quantitative estimate of drug-likeness (QED) is 0.893. The molecule has 1 aromatic heterocycles. The van der Waals surface area contributed by atoms with E-state index in [9.17, 15) is 9.59 Å². The third-order valence-corrected chi connectivity index (χ3v) is 4.54. The zero-order chi connectivity index (χ0) is 15.6. The number of amides is 1. The molecule has 0 bridgehead atoms. The first-order chi connectivity index (χ1) is 9.79. The number of hydrogen-bond acceptors (Lipinski definition) is 5. The molecule has 1 amide bonds. The van der Waals surface area contributed by atoms with Crippen LogP contribution in [0.2, 0.25) is 0 Å². The Labute approximate surface area is 128 Å². The average Bonchev–Trinajstić information content (AvgIpc) is 2.88. The van der Waals surface area contributed by atoms with Crippen LogP contribution >= 0.6 is 11.5 Å². The number of carbonyl (C=O) groups excluding carboxylic acids is 1. The molecule has 1 aromatic rings. The summed E-state index contributed by atoms with van der Waals surface area (Å²) < 4.78 is 3.89. The minimum atomic E-state index is -0.735. The number of aliphatic carboxylic acids is 1. The van der Waals surface area contributed by atoms with Crippen molar-refractivity contribution in [1.29, 1.82) is 0 Å². The van der Waals surface area contributed by atoms with Crippen LogP contribution in [-0.2, 0) is 10.2 Å². The summed E-state index contributed by atoms with van der Waals surface area (Å²) in [6.45, 7) is 6.00. The molecule has 2 rings (SSSR count). The highest BCUT2D eigenvalue weighted by Gasteiger charge is 2.30. The van der Waals surface area contributed by atoms with Gasteiger partial charge in [0.15, 0.2) is 0 Å². The second-order valence-corrected chi connectivity index (χ2v) is 7.32. The van der Waals surface area contributed by atoms with E-state index in [0.29, 0.717) is 36.3 Å². The van der Waals surface area contributed by atoms with Gasteiger partial charge in [0.05, 0.1) is 11.6 Å². The fourth-order valence-electron chi connectivity index (χ4n) is 2.57. The van der Waals surface area contributed by atoms with Gasteiger partial charge in [-0.05, 0) is 37.2 Å². The highest BCUT2D eigenvalue weighted by Crippen LogP contribution is 2.27. The standard InChI is InChI=1S/C14H21N3O3S/c1-14(2,3)11-10(21-17-16-11)12(18)15-9-6-4-8(5-7-9)13(19)20/h8-9H,4-7H2,1-3H3,(H,15,18)(H,19,20). The summed E-state index contributed by atoms with van der Waals surface area (Å²) in [7, 11) is 0. The van der Waals surface area contributed by atoms with Gasteiger partial charge in [0.25, 0.3) is 5.91 Å². The number of carbonyl (C=O) groups is 2. The Hall–Kier alpha value is -1.50. The Morgan fingerprint density at radius 1 is 1.24 bits per heavy atom. The molecule has 0 radical (unpaired) electrons. The van der Waals surface area contributed by atoms with Crippen molar-refractivity contribution in [1.82, 2.24) is 14.9 Å². The SMILES string of the molecule is CC(C)(C)c1nnsc1C(=O)NC1CCC(C(=O)O)CC1. The van der Waals surface area contributed by atoms with Gasteiger partial charge in [0.1, 0.15) is 4.88 Å². The van der Waals surface area contributed by atoms with Crippen molar-refractivity contribution in [2.24, 2.45) is 5.92 Å². The number of rotatable bonds is 3. The number of carboxylic acid groups (broad SMARTS) is 1. The van der Waals surface area contributed by atoms with E-state index < -0.39 is 5.97 Å². The molecule has 1 aliphatic rings. The number of nitrogens with zero attached hydrogens (tertiary/aromatic N) is 2. The second kappa shape index (κ2) is 6.09. The summed E-state index contributed by atoms with van der Waals surface area (Å²) >= 11 is 1.11. The van der Waals surface area contributed by atoms with Crippen LogP contribution in [0, 0.1) is 5.92 Å². The Balaban J connectivity index is 1.97. The monoisotopic (exact) mass is 311 g/mol. The molecule has 7 heteroatoms. The summed E-state index contributed by atoms with van der Waals surface area (Å²) in [6.07, 6.45) is 2.65. The van der Waals surface area contributed by atoms with Gasteiger partial charge in [-0.1, -0.05) is 25.3 Å². The van der Waals surface area contributed by atoms with Crippen molar-refractivity contribution in [3.05, 3.63) is 10.6 Å². The summed E-state index contributed by atoms with van der Waals surface area (Å²) in [5.41, 5.74) is 0.491. The molecule has 0 aliphatic heterocycles. The van der Waals surface area contributed by atoms with E-state index in [4.69, 9.17) is 5.11 Å². The molecule has 0 unspecified atom stereocenters. The van der Waals surface area contributed by atoms with Crippen LogP contribution in [0.4, 0.5) is 0 Å². The van der Waals surface area contributed by atoms with Gasteiger partial charge in [-0.25, -0.2) is 0 Å². The largest absolute Gasteiger partial charge is 0.481 e. The summed E-state index contributed by atoms with van der Waals surface area (Å²) in [4.78, 5) is 23.8. The first-order valence-electron chi connectivity index (χ1n) is 7.15. The minimum absolute atomic E-state index is 0.0445. The van der Waals surface area contributed by atoms with Crippen molar-refractivity contribution in [3.63, 3.8) is 0 Å². The molecular formula is C14H21N3O3S. The van der Waals surface area contributed by atoms with Crippen molar-refractivity contribution in [3.8, 4) is 0 Å². The Morgan fingerprint density at radius 2 is 1.86 bits per heavy atom. The summed E-state index contributed by atoms with van der Waals surface area (Å²) in [5, 5.41) is 16.0. The highest BCUT2D eigenvalue weighted by atomic mass is 32.1. The molecule has 6 nitrogen and oxygen atoms in total. The molecule has 0 spiro atoms. The van der Waals surface area contributed by atoms with Crippen LogP contribution in [0.3, 0.4) is 0 Å². The van der Waals surface area contributed by atoms with E-state index in [1.807, 2.05) is 20.8 Å². The second-order valence-electron chi connectivity index (χ2n) is 6.56. The Bertz CT molecular complexity index is 528. The first kappa shape index (κ1) is 15.9. The molecule has 1 aliphatic carbocycles. The Morgan fingerprint density at radius 3 is 2.38 bits per heavy atom. The number of carboxylic acids is 1. The molecule has 0 saturated heterocycles. The summed E-state index contributed by atoms with van der Waals surface area (Å²) in [6, 6.07) is 0.0445. The van der Waals surface area contributed by atoms with Crippen LogP contribution in [0.25, 0.3) is 0 Å². The van der Waals surface area contributed by atoms with Crippen molar-refractivity contribution in [2.45, 2.75) is 57.9 Å². The maximum absolute atomic E-state index is 12.4. The van der Waals surface area contributed by atoms with E-state index in [2.05, 4.69) is 14.9 Å². The molecule has 116 valence electrons. The smallest absolute Gasteiger partial charge is 0.306 e. The predicted octanol–water partition coefficient (Wildman–Crippen LogP) is 2.21. The maximum atomic E-state index is 12.4. The first-order valence-corrected chi connectivity index (χ1v) is 7.93. The molecule has 2 N–H and O–H groups in total. The van der Waals surface area contributed by atoms with Crippen molar-refractivity contribution in [2.75, 3.05) is 0 Å². The highest BCUT2D eigenvalue weighted by molar-refractivity contribution is 7.08. The maximum Gasteiger partial charge on any atom is 0.306 e. The molecule has 1 fully saturated rings. The zero-order valence-corrected chi connectivity index (χ0v) is 13.4. The van der Waals surface area contributed by atoms with Crippen LogP contribution in [0.5, 0.6) is 0 Å². The van der Waals surface area contributed by atoms with E-state index >= 15 is 0 Å². The third kappa shape index (κ3) is 3.78. The van der Waals surface area contributed by atoms with Crippen LogP contribution < -0.4 is 5.32 Å². The number of nitrogens with one attached hydrogen (secondary N) is 1. The van der Waals surface area contributed by atoms with Crippen molar-refractivity contribution >= 4 is 23.4 Å². The van der Waals surface area contributed by atoms with E-state index in [-0.39, 0.29) is 23.3 Å². The lowest BCUT2D eigenvalue weighted by molar-refractivity contribution is -0.142. The fraction of sp³-hybridized carbons (Fsp3) is 0.714. The topological polar surface area (TPSA) is 92.2 Å². The normalized spacial score (nSPS) is 22.8. The molecular weight excluding hydrogens is 290 g/mol. The van der Waals surface area contributed by atoms with E-state index in [0.717, 1.165) is 11.5 Å². The summed E-state index contributed by atoms with van der Waals surface area (Å²) in [5.74, 6) is -1.15. The lowest BCUT2D eigenvalue weighted by Gasteiger charge is -2.27. The van der Waals surface area contributed by atoms with Crippen LogP contribution in [0.15, 0.2) is 0 Å². The van der Waals surface area contributed by atoms with Gasteiger partial charge in [-0.3, -0.25) is 9.59 Å². The third-order valence-electron chi connectivity index (χ3n) is 3.82. The van der Waals surface area contributed by atoms with Gasteiger partial charge in [0.2, 0.25) is 0 Å². The van der Waals surface area contributed by atoms with E-state index in [1.165, 1.54) is 0 Å². The molecule has 1 saturated carbocycles. The van der Waals surface area contributed by atoms with Gasteiger partial charge < -0.3 is 10.4 Å². The molecule has 0 aromatic carbocycles. The molecule has 21 heavy (non-hydrogen) atoms. The molecule has 1 heterocycles. The van der Waals surface area contributed by atoms with Gasteiger partial charge in [0, 0.05) is 11.5 Å². The average molecular weight is 311 g/mol. The van der Waals surface area contributed by atoms with Gasteiger partial charge in [-0.15, -0.1) is 5.10 Å². The lowest BCUT2D eigenvalue weighted by atomic mass is 9.86. The molecule has 0 atom stereocenters. The fourth-order valence-corrected chi connectivity index (χ4v) is 3.35. The van der Waals surface area contributed by atoms with Gasteiger partial charge in [-0.2, -0.15) is 0 Å². The van der Waals surface area contributed by atoms with Gasteiger partial charge >= 0.3 is 5.97 Å². The predicted molar refractivity (Wildman–Crippen MR) is 79.5 cm³/mol. The van der Waals surface area contributed by atoms with E-state index in [1.54, 1.807) is 0 Å². The minimum Gasteiger partial charge on any atom is -0.481 e. The van der Waals surface area contributed by atoms with Crippen LogP contribution in [0.1, 0.15) is 61.8 Å². The lowest BCUT2D eigenvalue weighted by Crippen LogP contribution is -2.39. The Kier molecular flexibility index (Phi) is 4.61. The van der Waals surface area contributed by atoms with Crippen LogP contribution in [-0.4, -0.2) is 32.6 Å². The number of hydrogen-bond donors (Lipinski definition) is 2. The number of aromatic nitrogens is 2.